The molecule has 0 radical (unpaired) electrons. The molecule has 0 fully saturated rings. The zero-order valence-electron chi connectivity index (χ0n) is 16.0. The number of carbonyl (C=O) groups is 2. The molecular formula is C21H19N5O3. The van der Waals surface area contributed by atoms with Crippen LogP contribution in [0.4, 0.5) is 11.4 Å². The van der Waals surface area contributed by atoms with Crippen molar-refractivity contribution in [2.75, 3.05) is 11.5 Å². The summed E-state index contributed by atoms with van der Waals surface area (Å²) in [5.41, 5.74) is 2.25. The third-order valence-corrected chi connectivity index (χ3v) is 4.49. The molecule has 4 aromatic rings. The number of carbonyl (C=O) groups excluding carboxylic acids is 2. The molecule has 1 aromatic carbocycles. The smallest absolute Gasteiger partial charge is 0.342 e. The van der Waals surface area contributed by atoms with Crippen molar-refractivity contribution >= 4 is 28.9 Å². The number of aryl methyl sites for hydroxylation is 1. The van der Waals surface area contributed by atoms with Crippen LogP contribution in [-0.2, 0) is 11.8 Å². The number of pyridine rings is 1. The topological polar surface area (TPSA) is 81.7 Å². The Hall–Kier alpha value is -3.94. The highest BCUT2D eigenvalue weighted by Gasteiger charge is 2.29. The van der Waals surface area contributed by atoms with Crippen molar-refractivity contribution < 1.29 is 14.3 Å². The summed E-state index contributed by atoms with van der Waals surface area (Å²) in [7, 11) is 1.62. The third-order valence-electron chi connectivity index (χ3n) is 4.49. The minimum Gasteiger partial charge on any atom is -0.462 e. The van der Waals surface area contributed by atoms with Gasteiger partial charge in [0.1, 0.15) is 16.9 Å². The Morgan fingerprint density at radius 2 is 1.90 bits per heavy atom. The molecule has 0 N–H and O–H groups in total. The lowest BCUT2D eigenvalue weighted by Crippen LogP contribution is -2.29. The van der Waals surface area contributed by atoms with Crippen LogP contribution >= 0.6 is 0 Å². The van der Waals surface area contributed by atoms with Crippen LogP contribution in [0.25, 0.3) is 5.65 Å². The van der Waals surface area contributed by atoms with Gasteiger partial charge >= 0.3 is 5.97 Å². The quantitative estimate of drug-likeness (QED) is 0.490. The van der Waals surface area contributed by atoms with Crippen molar-refractivity contribution in [1.82, 2.24) is 19.2 Å². The summed E-state index contributed by atoms with van der Waals surface area (Å²) in [4.78, 5) is 31.9. The van der Waals surface area contributed by atoms with E-state index in [9.17, 15) is 9.59 Å². The lowest BCUT2D eigenvalue weighted by molar-refractivity contribution is 0.0523. The normalized spacial score (nSPS) is 10.8. The van der Waals surface area contributed by atoms with Crippen LogP contribution in [0.5, 0.6) is 0 Å². The average molecular weight is 389 g/mol. The van der Waals surface area contributed by atoms with E-state index in [1.54, 1.807) is 20.2 Å². The Bertz CT molecular complexity index is 1180. The van der Waals surface area contributed by atoms with Crippen LogP contribution in [0.15, 0.2) is 67.3 Å². The number of para-hydroxylation sites is 1. The molecule has 1 amide bonds. The molecule has 8 heteroatoms. The number of rotatable bonds is 5. The van der Waals surface area contributed by atoms with E-state index in [0.29, 0.717) is 17.0 Å². The van der Waals surface area contributed by atoms with Gasteiger partial charge < -0.3 is 9.14 Å². The molecule has 0 atom stereocenters. The molecule has 0 aliphatic heterocycles. The van der Waals surface area contributed by atoms with Crippen LogP contribution in [0.3, 0.4) is 0 Å². The molecule has 0 spiro atoms. The molecule has 3 aromatic heterocycles. The average Bonchev–Trinajstić information content (AvgIpc) is 3.35. The fraction of sp³-hybridized carbons (Fsp3) is 0.143. The van der Waals surface area contributed by atoms with Gasteiger partial charge in [-0.15, -0.1) is 0 Å². The highest BCUT2D eigenvalue weighted by Crippen LogP contribution is 2.29. The fourth-order valence-electron chi connectivity index (χ4n) is 3.15. The standard InChI is InChI=1S/C21H19N5O3/c1-3-29-21(28)17-14-23-24(2)19(17)20(27)26(15-7-5-4-6-8-15)16-9-11-25-12-10-22-18(25)13-16/h4-14H,3H2,1-2H3. The first-order valence-corrected chi connectivity index (χ1v) is 9.11. The summed E-state index contributed by atoms with van der Waals surface area (Å²) in [5, 5.41) is 4.10. The number of fused-ring (bicyclic) bond motifs is 1. The second kappa shape index (κ2) is 7.59. The highest BCUT2D eigenvalue weighted by atomic mass is 16.5. The molecule has 0 aliphatic rings. The van der Waals surface area contributed by atoms with Crippen LogP contribution in [0.1, 0.15) is 27.8 Å². The van der Waals surface area contributed by atoms with E-state index < -0.39 is 11.9 Å². The van der Waals surface area contributed by atoms with Crippen LogP contribution in [0.2, 0.25) is 0 Å². The summed E-state index contributed by atoms with van der Waals surface area (Å²) >= 11 is 0. The maximum Gasteiger partial charge on any atom is 0.342 e. The summed E-state index contributed by atoms with van der Waals surface area (Å²) in [6.07, 6.45) is 6.70. The predicted octanol–water partition coefficient (Wildman–Crippen LogP) is 3.22. The van der Waals surface area contributed by atoms with Crippen LogP contribution < -0.4 is 4.90 Å². The largest absolute Gasteiger partial charge is 0.462 e. The first-order valence-electron chi connectivity index (χ1n) is 9.11. The van der Waals surface area contributed by atoms with Crippen molar-refractivity contribution in [3.63, 3.8) is 0 Å². The minimum atomic E-state index is -0.583. The Kier molecular flexibility index (Phi) is 4.82. The number of imidazole rings is 1. The van der Waals surface area contributed by atoms with Crippen molar-refractivity contribution in [1.29, 1.82) is 0 Å². The van der Waals surface area contributed by atoms with E-state index >= 15 is 0 Å². The van der Waals surface area contributed by atoms with E-state index in [0.717, 1.165) is 0 Å². The van der Waals surface area contributed by atoms with Gasteiger partial charge in [0.15, 0.2) is 0 Å². The number of benzene rings is 1. The summed E-state index contributed by atoms with van der Waals surface area (Å²) in [5.74, 6) is -0.976. The van der Waals surface area contributed by atoms with Gasteiger partial charge in [-0.1, -0.05) is 18.2 Å². The van der Waals surface area contributed by atoms with E-state index in [2.05, 4.69) is 10.1 Å². The maximum absolute atomic E-state index is 13.7. The molecule has 29 heavy (non-hydrogen) atoms. The maximum atomic E-state index is 13.7. The third kappa shape index (κ3) is 3.36. The summed E-state index contributed by atoms with van der Waals surface area (Å²) in [6, 6.07) is 12.9. The van der Waals surface area contributed by atoms with Gasteiger partial charge in [0.2, 0.25) is 0 Å². The zero-order valence-corrected chi connectivity index (χ0v) is 16.0. The number of anilines is 2. The number of hydrogen-bond donors (Lipinski definition) is 0. The second-order valence-electron chi connectivity index (χ2n) is 6.30. The van der Waals surface area contributed by atoms with E-state index in [-0.39, 0.29) is 17.9 Å². The fourth-order valence-corrected chi connectivity index (χ4v) is 3.15. The number of hydrogen-bond acceptors (Lipinski definition) is 5. The number of nitrogens with zero attached hydrogens (tertiary/aromatic N) is 5. The summed E-state index contributed by atoms with van der Waals surface area (Å²) in [6.45, 7) is 1.92. The molecular weight excluding hydrogens is 370 g/mol. The monoisotopic (exact) mass is 389 g/mol. The number of ether oxygens (including phenoxy) is 1. The Balaban J connectivity index is 1.85. The lowest BCUT2D eigenvalue weighted by Gasteiger charge is -2.23. The second-order valence-corrected chi connectivity index (χ2v) is 6.30. The van der Waals surface area contributed by atoms with E-state index in [1.165, 1.54) is 15.8 Å². The predicted molar refractivity (Wildman–Crippen MR) is 107 cm³/mol. The van der Waals surface area contributed by atoms with Gasteiger partial charge in [0, 0.05) is 37.4 Å². The van der Waals surface area contributed by atoms with Crippen molar-refractivity contribution in [3.05, 3.63) is 78.5 Å². The van der Waals surface area contributed by atoms with Crippen molar-refractivity contribution in [2.24, 2.45) is 7.05 Å². The molecule has 0 saturated carbocycles. The zero-order chi connectivity index (χ0) is 20.4. The van der Waals surface area contributed by atoms with Gasteiger partial charge in [-0.05, 0) is 25.1 Å². The Labute approximate surface area is 167 Å². The summed E-state index contributed by atoms with van der Waals surface area (Å²) < 4.78 is 8.33. The SMILES string of the molecule is CCOC(=O)c1cnn(C)c1C(=O)N(c1ccccc1)c1ccn2ccnc2c1. The van der Waals surface area contributed by atoms with Gasteiger partial charge in [-0.2, -0.15) is 5.10 Å². The molecule has 4 rings (SSSR count). The van der Waals surface area contributed by atoms with Gasteiger partial charge in [-0.3, -0.25) is 14.4 Å². The van der Waals surface area contributed by atoms with Gasteiger partial charge in [-0.25, -0.2) is 9.78 Å². The first kappa shape index (κ1) is 18.4. The van der Waals surface area contributed by atoms with Crippen LogP contribution in [-0.4, -0.2) is 37.6 Å². The van der Waals surface area contributed by atoms with Crippen LogP contribution in [0, 0.1) is 0 Å². The molecule has 3 heterocycles. The molecule has 0 aliphatic carbocycles. The van der Waals surface area contributed by atoms with Crippen molar-refractivity contribution in [3.8, 4) is 0 Å². The lowest BCUT2D eigenvalue weighted by atomic mass is 10.1. The molecule has 0 saturated heterocycles. The van der Waals surface area contributed by atoms with Gasteiger partial charge in [0.25, 0.3) is 5.91 Å². The number of aromatic nitrogens is 4. The number of amides is 1. The molecule has 146 valence electrons. The Morgan fingerprint density at radius 1 is 1.10 bits per heavy atom. The van der Waals surface area contributed by atoms with E-state index in [4.69, 9.17) is 4.74 Å². The van der Waals surface area contributed by atoms with Gasteiger partial charge in [0.05, 0.1) is 18.5 Å². The first-order chi connectivity index (χ1) is 14.1. The Morgan fingerprint density at radius 3 is 2.66 bits per heavy atom. The highest BCUT2D eigenvalue weighted by molar-refractivity contribution is 6.14. The minimum absolute atomic E-state index is 0.127. The van der Waals surface area contributed by atoms with Crippen molar-refractivity contribution in [2.45, 2.75) is 6.92 Å². The molecule has 8 nitrogen and oxygen atoms in total. The molecule has 0 unspecified atom stereocenters. The molecule has 0 bridgehead atoms. The number of esters is 1. The van der Waals surface area contributed by atoms with E-state index in [1.807, 2.05) is 59.3 Å².